The number of nitrogens with two attached hydrogens (primary N) is 1. The van der Waals surface area contributed by atoms with Gasteiger partial charge in [0.15, 0.2) is 11.5 Å². The van der Waals surface area contributed by atoms with Gasteiger partial charge in [-0.1, -0.05) is 48.0 Å². The van der Waals surface area contributed by atoms with Gasteiger partial charge in [-0.2, -0.15) is 5.26 Å². The highest BCUT2D eigenvalue weighted by atomic mass is 35.5. The van der Waals surface area contributed by atoms with Crippen molar-refractivity contribution in [3.05, 3.63) is 129 Å². The third kappa shape index (κ3) is 5.96. The number of rotatable bonds is 8. The highest BCUT2D eigenvalue weighted by Gasteiger charge is 2.32. The van der Waals surface area contributed by atoms with Crippen LogP contribution in [0.1, 0.15) is 39.9 Å². The average molecular weight is 571 g/mol. The Balaban J connectivity index is 1.46. The molecule has 5 rings (SSSR count). The van der Waals surface area contributed by atoms with Crippen LogP contribution in [0.2, 0.25) is 5.02 Å². The predicted octanol–water partition coefficient (Wildman–Crippen LogP) is 6.89. The lowest BCUT2D eigenvalue weighted by Crippen LogP contribution is -2.21. The fourth-order valence-electron chi connectivity index (χ4n) is 4.49. The lowest BCUT2D eigenvalue weighted by Gasteiger charge is -2.27. The number of benzene rings is 4. The molecule has 2 N–H and O–H groups in total. The van der Waals surface area contributed by atoms with Crippen molar-refractivity contribution in [2.45, 2.75) is 19.4 Å². The quantitative estimate of drug-likeness (QED) is 0.182. The van der Waals surface area contributed by atoms with Gasteiger partial charge in [0.1, 0.15) is 35.6 Å². The molecule has 0 amide bonds. The monoisotopic (exact) mass is 570 g/mol. The molecular weight excluding hydrogens is 547 g/mol. The summed E-state index contributed by atoms with van der Waals surface area (Å²) in [6.45, 7) is 2.20. The Hall–Kier alpha value is -5.00. The summed E-state index contributed by atoms with van der Waals surface area (Å²) in [5.74, 6) is -0.205. The average Bonchev–Trinajstić information content (AvgIpc) is 2.96. The number of esters is 1. The van der Waals surface area contributed by atoms with Crippen molar-refractivity contribution < 1.29 is 28.1 Å². The molecule has 0 spiro atoms. The van der Waals surface area contributed by atoms with Gasteiger partial charge in [0, 0.05) is 22.2 Å². The van der Waals surface area contributed by atoms with Gasteiger partial charge in [-0.15, -0.1) is 0 Å². The van der Waals surface area contributed by atoms with E-state index in [0.29, 0.717) is 51.1 Å². The first-order valence-electron chi connectivity index (χ1n) is 12.7. The summed E-state index contributed by atoms with van der Waals surface area (Å²) in [5, 5.41) is 10.4. The van der Waals surface area contributed by atoms with Crippen molar-refractivity contribution >= 4 is 17.6 Å². The highest BCUT2D eigenvalue weighted by molar-refractivity contribution is 6.30. The van der Waals surface area contributed by atoms with Gasteiger partial charge in [0.05, 0.1) is 18.1 Å². The first-order chi connectivity index (χ1) is 19.9. The third-order valence-electron chi connectivity index (χ3n) is 6.40. The van der Waals surface area contributed by atoms with Crippen LogP contribution in [0.5, 0.6) is 23.0 Å². The summed E-state index contributed by atoms with van der Waals surface area (Å²) in [4.78, 5) is 12.6. The van der Waals surface area contributed by atoms with E-state index in [1.54, 1.807) is 72.8 Å². The van der Waals surface area contributed by atoms with E-state index in [9.17, 15) is 14.4 Å². The minimum atomic E-state index is -0.596. The molecule has 4 aromatic rings. The molecule has 0 aromatic heterocycles. The van der Waals surface area contributed by atoms with Gasteiger partial charge in [-0.05, 0) is 55.0 Å². The number of nitriles is 1. The Morgan fingerprint density at radius 3 is 2.61 bits per heavy atom. The van der Waals surface area contributed by atoms with Crippen LogP contribution in [0.15, 0.2) is 96.4 Å². The number of halogens is 2. The zero-order valence-corrected chi connectivity index (χ0v) is 22.7. The number of fused-ring (bicyclic) bond motifs is 1. The first kappa shape index (κ1) is 27.6. The van der Waals surface area contributed by atoms with Gasteiger partial charge in [-0.25, -0.2) is 9.18 Å². The van der Waals surface area contributed by atoms with Crippen LogP contribution in [0.4, 0.5) is 4.39 Å². The lowest BCUT2D eigenvalue weighted by molar-refractivity contribution is 0.0734. The van der Waals surface area contributed by atoms with Crippen molar-refractivity contribution in [3.63, 3.8) is 0 Å². The molecule has 1 aliphatic heterocycles. The molecule has 7 nitrogen and oxygen atoms in total. The maximum absolute atomic E-state index is 14.1. The van der Waals surface area contributed by atoms with Gasteiger partial charge in [0.25, 0.3) is 0 Å². The second-order valence-electron chi connectivity index (χ2n) is 9.04. The fourth-order valence-corrected chi connectivity index (χ4v) is 4.68. The summed E-state index contributed by atoms with van der Waals surface area (Å²) in [6.07, 6.45) is 0. The minimum Gasteiger partial charge on any atom is -0.490 e. The highest BCUT2D eigenvalue weighted by Crippen LogP contribution is 2.45. The first-order valence-corrected chi connectivity index (χ1v) is 13.1. The standard InChI is InChI=1S/C32H24ClFN2O5/c1-2-38-29-15-19(10-13-27(29)39-18-21-6-3-4-9-26(21)34)30-24-12-11-23(16-28(24)41-31(36)25(30)17-35)40-32(37)20-7-5-8-22(33)14-20/h3-16,30H,2,18,36H2,1H3. The second-order valence-corrected chi connectivity index (χ2v) is 9.48. The van der Waals surface area contributed by atoms with E-state index >= 15 is 0 Å². The number of nitrogens with zero attached hydrogens (tertiary/aromatic N) is 1. The molecule has 206 valence electrons. The van der Waals surface area contributed by atoms with E-state index < -0.39 is 11.9 Å². The Bertz CT molecular complexity index is 1700. The van der Waals surface area contributed by atoms with E-state index in [4.69, 9.17) is 36.3 Å². The molecular formula is C32H24ClFN2O5. The number of ether oxygens (including phenoxy) is 4. The van der Waals surface area contributed by atoms with E-state index in [2.05, 4.69) is 6.07 Å². The van der Waals surface area contributed by atoms with Crippen LogP contribution in [0.3, 0.4) is 0 Å². The molecule has 1 unspecified atom stereocenters. The van der Waals surface area contributed by atoms with Crippen molar-refractivity contribution in [1.82, 2.24) is 0 Å². The smallest absolute Gasteiger partial charge is 0.343 e. The summed E-state index contributed by atoms with van der Waals surface area (Å²) in [6, 6.07) is 25.1. The topological polar surface area (TPSA) is 104 Å². The maximum atomic E-state index is 14.1. The number of carbonyl (C=O) groups is 1. The summed E-state index contributed by atoms with van der Waals surface area (Å²) >= 11 is 5.99. The molecule has 41 heavy (non-hydrogen) atoms. The van der Waals surface area contributed by atoms with Crippen LogP contribution < -0.4 is 24.7 Å². The van der Waals surface area contributed by atoms with E-state index in [1.807, 2.05) is 6.92 Å². The Morgan fingerprint density at radius 2 is 1.85 bits per heavy atom. The Kier molecular flexibility index (Phi) is 8.09. The number of hydrogen-bond acceptors (Lipinski definition) is 7. The van der Waals surface area contributed by atoms with Gasteiger partial charge < -0.3 is 24.7 Å². The zero-order valence-electron chi connectivity index (χ0n) is 21.9. The summed E-state index contributed by atoms with van der Waals surface area (Å²) in [7, 11) is 0. The molecule has 0 bridgehead atoms. The third-order valence-corrected chi connectivity index (χ3v) is 6.64. The second kappa shape index (κ2) is 12.0. The van der Waals surface area contributed by atoms with Crippen LogP contribution in [0, 0.1) is 17.1 Å². The lowest BCUT2D eigenvalue weighted by atomic mass is 9.83. The molecule has 1 atom stereocenters. The molecule has 0 fully saturated rings. The normalized spacial score (nSPS) is 14.0. The predicted molar refractivity (Wildman–Crippen MR) is 150 cm³/mol. The molecule has 0 aliphatic carbocycles. The number of allylic oxidation sites excluding steroid dienone is 1. The van der Waals surface area contributed by atoms with Crippen LogP contribution >= 0.6 is 11.6 Å². The van der Waals surface area contributed by atoms with Crippen molar-refractivity contribution in [2.75, 3.05) is 6.61 Å². The van der Waals surface area contributed by atoms with Crippen LogP contribution in [0.25, 0.3) is 0 Å². The van der Waals surface area contributed by atoms with Crippen molar-refractivity contribution in [3.8, 4) is 29.1 Å². The molecule has 0 radical (unpaired) electrons. The van der Waals surface area contributed by atoms with E-state index in [-0.39, 0.29) is 29.6 Å². The van der Waals surface area contributed by atoms with E-state index in [1.165, 1.54) is 12.1 Å². The minimum absolute atomic E-state index is 0.0131. The van der Waals surface area contributed by atoms with E-state index in [0.717, 1.165) is 0 Å². The molecule has 4 aromatic carbocycles. The van der Waals surface area contributed by atoms with Gasteiger partial charge in [-0.3, -0.25) is 0 Å². The molecule has 9 heteroatoms. The largest absolute Gasteiger partial charge is 0.490 e. The Morgan fingerprint density at radius 1 is 1.02 bits per heavy atom. The summed E-state index contributed by atoms with van der Waals surface area (Å²) in [5.41, 5.74) is 8.41. The van der Waals surface area contributed by atoms with Crippen LogP contribution in [-0.4, -0.2) is 12.6 Å². The number of hydrogen-bond donors (Lipinski definition) is 1. The summed E-state index contributed by atoms with van der Waals surface area (Å²) < 4.78 is 37.1. The molecule has 1 aliphatic rings. The SMILES string of the molecule is CCOc1cc(C2C(C#N)=C(N)Oc3cc(OC(=O)c4cccc(Cl)c4)ccc32)ccc1OCc1ccccc1F. The molecule has 0 saturated heterocycles. The molecule has 0 saturated carbocycles. The van der Waals surface area contributed by atoms with Crippen molar-refractivity contribution in [1.29, 1.82) is 5.26 Å². The van der Waals surface area contributed by atoms with Gasteiger partial charge >= 0.3 is 5.97 Å². The van der Waals surface area contributed by atoms with Crippen LogP contribution in [-0.2, 0) is 6.61 Å². The zero-order chi connectivity index (χ0) is 28.9. The molecule has 1 heterocycles. The Labute approximate surface area is 241 Å². The fraction of sp³-hybridized carbons (Fsp3) is 0.125. The van der Waals surface area contributed by atoms with Gasteiger partial charge in [0.2, 0.25) is 5.88 Å². The van der Waals surface area contributed by atoms with Crippen molar-refractivity contribution in [2.24, 2.45) is 5.73 Å². The maximum Gasteiger partial charge on any atom is 0.343 e. The number of carbonyl (C=O) groups excluding carboxylic acids is 1.